The molecule has 0 spiro atoms. The number of hydrogen-bond acceptors (Lipinski definition) is 5. The highest BCUT2D eigenvalue weighted by Gasteiger charge is 2.25. The molecule has 1 N–H and O–H groups in total. The number of Topliss-reactive ketones (excluding diaryl/α,β-unsaturated/α-hetero) is 1. The van der Waals surface area contributed by atoms with Gasteiger partial charge >= 0.3 is 12.1 Å². The van der Waals surface area contributed by atoms with Crippen LogP contribution in [0.1, 0.15) is 72.8 Å². The van der Waals surface area contributed by atoms with Gasteiger partial charge in [-0.15, -0.1) is 0 Å². The van der Waals surface area contributed by atoms with Gasteiger partial charge in [-0.2, -0.15) is 0 Å². The summed E-state index contributed by atoms with van der Waals surface area (Å²) in [5, 5.41) is 2.62. The number of esters is 1. The molecule has 0 saturated heterocycles. The number of rotatable bonds is 9. The van der Waals surface area contributed by atoms with E-state index in [1.807, 2.05) is 30.3 Å². The number of amides is 1. The monoisotopic (exact) mass is 405 g/mol. The Kier molecular flexibility index (Phi) is 9.34. The van der Waals surface area contributed by atoms with Crippen molar-refractivity contribution in [2.45, 2.75) is 85.5 Å². The fourth-order valence-electron chi connectivity index (χ4n) is 2.55. The van der Waals surface area contributed by atoms with E-state index >= 15 is 0 Å². The third-order valence-corrected chi connectivity index (χ3v) is 4.07. The molecule has 1 amide bonds. The highest BCUT2D eigenvalue weighted by molar-refractivity contribution is 5.87. The van der Waals surface area contributed by atoms with Gasteiger partial charge in [-0.05, 0) is 44.6 Å². The van der Waals surface area contributed by atoms with Gasteiger partial charge < -0.3 is 14.8 Å². The fraction of sp³-hybridized carbons (Fsp3) is 0.609. The van der Waals surface area contributed by atoms with E-state index in [4.69, 9.17) is 9.47 Å². The molecule has 0 heterocycles. The Morgan fingerprint density at radius 1 is 0.966 bits per heavy atom. The van der Waals surface area contributed by atoms with Crippen molar-refractivity contribution in [3.05, 3.63) is 35.9 Å². The van der Waals surface area contributed by atoms with Gasteiger partial charge in [-0.1, -0.05) is 51.1 Å². The lowest BCUT2D eigenvalue weighted by molar-refractivity contribution is -0.155. The smallest absolute Gasteiger partial charge is 0.408 e. The van der Waals surface area contributed by atoms with Gasteiger partial charge in [0.2, 0.25) is 0 Å². The van der Waals surface area contributed by atoms with Crippen LogP contribution < -0.4 is 5.32 Å². The summed E-state index contributed by atoms with van der Waals surface area (Å²) < 4.78 is 10.5. The standard InChI is InChI=1S/C23H35NO5/c1-22(2,3)15-14-19(25)18(12-13-20(26)29-23(4,5)6)24-21(27)28-16-17-10-8-7-9-11-17/h7-11,18H,12-16H2,1-6H3,(H,24,27)/t18-/m0/s1. The zero-order valence-corrected chi connectivity index (χ0v) is 18.5. The SMILES string of the molecule is CC(C)(C)CCC(=O)[C@H](CCC(=O)OC(C)(C)C)NC(=O)OCc1ccccc1. The van der Waals surface area contributed by atoms with Gasteiger partial charge in [0.15, 0.2) is 5.78 Å². The van der Waals surface area contributed by atoms with Gasteiger partial charge in [0, 0.05) is 12.8 Å². The van der Waals surface area contributed by atoms with Crippen LogP contribution >= 0.6 is 0 Å². The number of ketones is 1. The van der Waals surface area contributed by atoms with E-state index in [0.29, 0.717) is 12.8 Å². The summed E-state index contributed by atoms with van der Waals surface area (Å²) in [6.45, 7) is 11.6. The van der Waals surface area contributed by atoms with Crippen LogP contribution in [0.15, 0.2) is 30.3 Å². The van der Waals surface area contributed by atoms with Crippen LogP contribution in [0.25, 0.3) is 0 Å². The first-order chi connectivity index (χ1) is 13.4. The van der Waals surface area contributed by atoms with E-state index in [0.717, 1.165) is 5.56 Å². The quantitative estimate of drug-likeness (QED) is 0.597. The Hall–Kier alpha value is -2.37. The van der Waals surface area contributed by atoms with Gasteiger partial charge in [0.25, 0.3) is 0 Å². The summed E-state index contributed by atoms with van der Waals surface area (Å²) >= 11 is 0. The van der Waals surface area contributed by atoms with Crippen molar-refractivity contribution in [2.75, 3.05) is 0 Å². The molecule has 0 fully saturated rings. The van der Waals surface area contributed by atoms with Crippen LogP contribution in [0.5, 0.6) is 0 Å². The Morgan fingerprint density at radius 2 is 1.59 bits per heavy atom. The van der Waals surface area contributed by atoms with Gasteiger partial charge in [0.05, 0.1) is 6.04 Å². The second kappa shape index (κ2) is 11.0. The minimum atomic E-state index is -0.784. The number of carbonyl (C=O) groups is 3. The molecule has 0 aliphatic carbocycles. The first kappa shape index (κ1) is 24.7. The maximum atomic E-state index is 12.7. The minimum Gasteiger partial charge on any atom is -0.460 e. The molecule has 1 atom stereocenters. The van der Waals surface area contributed by atoms with Crippen molar-refractivity contribution in [2.24, 2.45) is 5.41 Å². The molecule has 0 saturated carbocycles. The fourth-order valence-corrected chi connectivity index (χ4v) is 2.55. The van der Waals surface area contributed by atoms with Crippen molar-refractivity contribution in [1.82, 2.24) is 5.32 Å². The first-order valence-corrected chi connectivity index (χ1v) is 10.1. The van der Waals surface area contributed by atoms with E-state index in [1.54, 1.807) is 20.8 Å². The molecular formula is C23H35NO5. The summed E-state index contributed by atoms with van der Waals surface area (Å²) in [5.41, 5.74) is 0.261. The lowest BCUT2D eigenvalue weighted by Gasteiger charge is -2.22. The highest BCUT2D eigenvalue weighted by Crippen LogP contribution is 2.22. The molecule has 0 bridgehead atoms. The number of nitrogens with one attached hydrogen (secondary N) is 1. The van der Waals surface area contributed by atoms with Crippen LogP contribution in [0.2, 0.25) is 0 Å². The molecule has 1 rings (SSSR count). The van der Waals surface area contributed by atoms with E-state index in [-0.39, 0.29) is 30.6 Å². The van der Waals surface area contributed by atoms with Crippen molar-refractivity contribution in [3.63, 3.8) is 0 Å². The lowest BCUT2D eigenvalue weighted by atomic mass is 9.88. The molecule has 1 aromatic rings. The molecule has 29 heavy (non-hydrogen) atoms. The van der Waals surface area contributed by atoms with Crippen LogP contribution in [0.3, 0.4) is 0 Å². The van der Waals surface area contributed by atoms with Gasteiger partial charge in [-0.25, -0.2) is 4.79 Å². The van der Waals surface area contributed by atoms with Crippen molar-refractivity contribution in [1.29, 1.82) is 0 Å². The second-order valence-electron chi connectivity index (χ2n) is 9.41. The molecule has 0 unspecified atom stereocenters. The van der Waals surface area contributed by atoms with E-state index in [2.05, 4.69) is 26.1 Å². The van der Waals surface area contributed by atoms with Gasteiger partial charge in [-0.3, -0.25) is 9.59 Å². The summed E-state index contributed by atoms with van der Waals surface area (Å²) in [7, 11) is 0. The van der Waals surface area contributed by atoms with E-state index < -0.39 is 23.7 Å². The van der Waals surface area contributed by atoms with Crippen LogP contribution in [-0.2, 0) is 25.7 Å². The maximum absolute atomic E-state index is 12.7. The Balaban J connectivity index is 2.66. The Labute approximate surface area is 174 Å². The zero-order chi connectivity index (χ0) is 22.1. The third-order valence-electron chi connectivity index (χ3n) is 4.07. The third kappa shape index (κ3) is 11.9. The average Bonchev–Trinajstić information content (AvgIpc) is 2.60. The average molecular weight is 406 g/mol. The molecule has 0 aromatic heterocycles. The number of ether oxygens (including phenoxy) is 2. The summed E-state index contributed by atoms with van der Waals surface area (Å²) in [4.78, 5) is 36.9. The Morgan fingerprint density at radius 3 is 2.14 bits per heavy atom. The number of hydrogen-bond donors (Lipinski definition) is 1. The second-order valence-corrected chi connectivity index (χ2v) is 9.41. The zero-order valence-electron chi connectivity index (χ0n) is 18.5. The molecule has 1 aromatic carbocycles. The molecule has 6 nitrogen and oxygen atoms in total. The first-order valence-electron chi connectivity index (χ1n) is 10.1. The number of carbonyl (C=O) groups excluding carboxylic acids is 3. The number of alkyl carbamates (subject to hydrolysis) is 1. The molecule has 162 valence electrons. The van der Waals surface area contributed by atoms with Crippen molar-refractivity contribution in [3.8, 4) is 0 Å². The predicted octanol–water partition coefficient (Wildman–Crippen LogP) is 4.80. The topological polar surface area (TPSA) is 81.7 Å². The Bertz CT molecular complexity index is 671. The summed E-state index contributed by atoms with van der Waals surface area (Å²) in [6.07, 6.45) is 0.560. The molecular weight excluding hydrogens is 370 g/mol. The van der Waals surface area contributed by atoms with Crippen molar-refractivity contribution < 1.29 is 23.9 Å². The van der Waals surface area contributed by atoms with E-state index in [1.165, 1.54) is 0 Å². The summed E-state index contributed by atoms with van der Waals surface area (Å²) in [5.74, 6) is -0.509. The summed E-state index contributed by atoms with van der Waals surface area (Å²) in [6, 6.07) is 8.51. The lowest BCUT2D eigenvalue weighted by Crippen LogP contribution is -2.42. The van der Waals surface area contributed by atoms with E-state index in [9.17, 15) is 14.4 Å². The number of benzene rings is 1. The van der Waals surface area contributed by atoms with Crippen molar-refractivity contribution >= 4 is 17.8 Å². The molecule has 6 heteroatoms. The van der Waals surface area contributed by atoms with Crippen LogP contribution in [0.4, 0.5) is 4.79 Å². The maximum Gasteiger partial charge on any atom is 0.408 e. The molecule has 0 radical (unpaired) electrons. The molecule has 0 aliphatic heterocycles. The highest BCUT2D eigenvalue weighted by atomic mass is 16.6. The van der Waals surface area contributed by atoms with Crippen LogP contribution in [0, 0.1) is 5.41 Å². The predicted molar refractivity (Wildman–Crippen MR) is 112 cm³/mol. The van der Waals surface area contributed by atoms with Crippen LogP contribution in [-0.4, -0.2) is 29.5 Å². The largest absolute Gasteiger partial charge is 0.460 e. The van der Waals surface area contributed by atoms with Gasteiger partial charge in [0.1, 0.15) is 12.2 Å². The normalized spacial score (nSPS) is 12.8. The molecule has 0 aliphatic rings. The minimum absolute atomic E-state index is 0.000800.